The van der Waals surface area contributed by atoms with E-state index >= 15 is 0 Å². The SMILES string of the molecule is O=C(NCc1ccccc1)C(O)c1cc(Cl)cc(Cl)c1. The van der Waals surface area contributed by atoms with Gasteiger partial charge in [-0.3, -0.25) is 4.79 Å². The second kappa shape index (κ2) is 6.75. The average molecular weight is 310 g/mol. The summed E-state index contributed by atoms with van der Waals surface area (Å²) >= 11 is 11.7. The van der Waals surface area contributed by atoms with E-state index in [0.29, 0.717) is 22.2 Å². The molecular weight excluding hydrogens is 297 g/mol. The minimum absolute atomic E-state index is 0.352. The molecular formula is C15H13Cl2NO2. The molecule has 0 heterocycles. The Labute approximate surface area is 127 Å². The van der Waals surface area contributed by atoms with Gasteiger partial charge < -0.3 is 10.4 Å². The average Bonchev–Trinajstić information content (AvgIpc) is 2.44. The number of nitrogens with one attached hydrogen (secondary N) is 1. The third-order valence-corrected chi connectivity index (χ3v) is 3.19. The van der Waals surface area contributed by atoms with Gasteiger partial charge in [0, 0.05) is 16.6 Å². The van der Waals surface area contributed by atoms with Crippen LogP contribution in [0, 0.1) is 0 Å². The summed E-state index contributed by atoms with van der Waals surface area (Å²) in [4.78, 5) is 11.9. The molecule has 1 amide bonds. The van der Waals surface area contributed by atoms with Crippen molar-refractivity contribution in [1.29, 1.82) is 0 Å². The molecule has 2 aromatic carbocycles. The standard InChI is InChI=1S/C15H13Cl2NO2/c16-12-6-11(7-13(17)8-12)14(19)15(20)18-9-10-4-2-1-3-5-10/h1-8,14,19H,9H2,(H,18,20). The lowest BCUT2D eigenvalue weighted by Crippen LogP contribution is -2.28. The molecule has 0 bridgehead atoms. The van der Waals surface area contributed by atoms with Crippen molar-refractivity contribution in [2.24, 2.45) is 0 Å². The van der Waals surface area contributed by atoms with Gasteiger partial charge in [-0.15, -0.1) is 0 Å². The summed E-state index contributed by atoms with van der Waals surface area (Å²) in [5, 5.41) is 13.4. The van der Waals surface area contributed by atoms with Crippen LogP contribution in [-0.2, 0) is 11.3 Å². The van der Waals surface area contributed by atoms with Crippen molar-refractivity contribution < 1.29 is 9.90 Å². The predicted octanol–water partition coefficient (Wildman–Crippen LogP) is 3.34. The fraction of sp³-hybridized carbons (Fsp3) is 0.133. The first-order valence-corrected chi connectivity index (χ1v) is 6.77. The monoisotopic (exact) mass is 309 g/mol. The molecule has 1 atom stereocenters. The number of hydrogen-bond donors (Lipinski definition) is 2. The summed E-state index contributed by atoms with van der Waals surface area (Å²) in [5.41, 5.74) is 1.32. The number of benzene rings is 2. The molecule has 0 fully saturated rings. The topological polar surface area (TPSA) is 49.3 Å². The van der Waals surface area contributed by atoms with Crippen molar-refractivity contribution in [2.75, 3.05) is 0 Å². The molecule has 5 heteroatoms. The van der Waals surface area contributed by atoms with E-state index in [-0.39, 0.29) is 0 Å². The summed E-state index contributed by atoms with van der Waals surface area (Å²) in [6, 6.07) is 14.0. The molecule has 3 nitrogen and oxygen atoms in total. The molecule has 20 heavy (non-hydrogen) atoms. The lowest BCUT2D eigenvalue weighted by molar-refractivity contribution is -0.129. The van der Waals surface area contributed by atoms with Gasteiger partial charge in [0.05, 0.1) is 0 Å². The Balaban J connectivity index is 2.01. The number of hydrogen-bond acceptors (Lipinski definition) is 2. The predicted molar refractivity (Wildman–Crippen MR) is 79.7 cm³/mol. The molecule has 0 aliphatic carbocycles. The minimum Gasteiger partial charge on any atom is -0.378 e. The summed E-state index contributed by atoms with van der Waals surface area (Å²) in [6.07, 6.45) is -1.30. The van der Waals surface area contributed by atoms with Gasteiger partial charge in [-0.1, -0.05) is 53.5 Å². The first-order chi connectivity index (χ1) is 9.56. The van der Waals surface area contributed by atoms with Gasteiger partial charge in [-0.2, -0.15) is 0 Å². The Morgan fingerprint density at radius 1 is 1.10 bits per heavy atom. The van der Waals surface area contributed by atoms with Crippen LogP contribution in [0.2, 0.25) is 10.0 Å². The number of aliphatic hydroxyl groups is 1. The van der Waals surface area contributed by atoms with E-state index in [9.17, 15) is 9.90 Å². The first-order valence-electron chi connectivity index (χ1n) is 6.02. The molecule has 1 unspecified atom stereocenters. The highest BCUT2D eigenvalue weighted by Gasteiger charge is 2.17. The van der Waals surface area contributed by atoms with Crippen LogP contribution >= 0.6 is 23.2 Å². The smallest absolute Gasteiger partial charge is 0.253 e. The van der Waals surface area contributed by atoms with Crippen LogP contribution in [0.5, 0.6) is 0 Å². The fourth-order valence-corrected chi connectivity index (χ4v) is 2.31. The van der Waals surface area contributed by atoms with Crippen LogP contribution in [-0.4, -0.2) is 11.0 Å². The van der Waals surface area contributed by atoms with E-state index < -0.39 is 12.0 Å². The van der Waals surface area contributed by atoms with Crippen LogP contribution in [0.15, 0.2) is 48.5 Å². The molecule has 0 aromatic heterocycles. The Morgan fingerprint density at radius 3 is 2.30 bits per heavy atom. The maximum absolute atomic E-state index is 11.9. The summed E-state index contributed by atoms with van der Waals surface area (Å²) in [5.74, 6) is -0.493. The molecule has 0 saturated carbocycles. The number of rotatable bonds is 4. The molecule has 0 radical (unpaired) electrons. The lowest BCUT2D eigenvalue weighted by atomic mass is 10.1. The van der Waals surface area contributed by atoms with Gasteiger partial charge in [0.1, 0.15) is 0 Å². The van der Waals surface area contributed by atoms with E-state index in [2.05, 4.69) is 5.32 Å². The Kier molecular flexibility index (Phi) is 5.01. The zero-order chi connectivity index (χ0) is 14.5. The van der Waals surface area contributed by atoms with Gasteiger partial charge in [0.2, 0.25) is 0 Å². The van der Waals surface area contributed by atoms with Gasteiger partial charge in [0.25, 0.3) is 5.91 Å². The highest BCUT2D eigenvalue weighted by Crippen LogP contribution is 2.23. The Bertz CT molecular complexity index is 582. The number of amides is 1. The van der Waals surface area contributed by atoms with Crippen molar-refractivity contribution in [3.63, 3.8) is 0 Å². The van der Waals surface area contributed by atoms with Crippen molar-refractivity contribution in [3.05, 3.63) is 69.7 Å². The highest BCUT2D eigenvalue weighted by molar-refractivity contribution is 6.34. The van der Waals surface area contributed by atoms with Crippen molar-refractivity contribution in [3.8, 4) is 0 Å². The van der Waals surface area contributed by atoms with Crippen molar-refractivity contribution in [2.45, 2.75) is 12.6 Å². The second-order valence-electron chi connectivity index (χ2n) is 4.31. The Hall–Kier alpha value is -1.55. The van der Waals surface area contributed by atoms with E-state index in [1.807, 2.05) is 30.3 Å². The third-order valence-electron chi connectivity index (χ3n) is 2.76. The Morgan fingerprint density at radius 2 is 1.70 bits per heavy atom. The maximum Gasteiger partial charge on any atom is 0.253 e. The van der Waals surface area contributed by atoms with Crippen molar-refractivity contribution in [1.82, 2.24) is 5.32 Å². The molecule has 0 aliphatic heterocycles. The quantitative estimate of drug-likeness (QED) is 0.910. The third kappa shape index (κ3) is 3.97. The molecule has 2 rings (SSSR count). The van der Waals surface area contributed by atoms with Crippen LogP contribution in [0.4, 0.5) is 0 Å². The maximum atomic E-state index is 11.9. The summed E-state index contributed by atoms with van der Waals surface area (Å²) in [7, 11) is 0. The molecule has 0 spiro atoms. The number of carbonyl (C=O) groups excluding carboxylic acids is 1. The zero-order valence-electron chi connectivity index (χ0n) is 10.5. The van der Waals surface area contributed by atoms with Gasteiger partial charge >= 0.3 is 0 Å². The zero-order valence-corrected chi connectivity index (χ0v) is 12.0. The number of aliphatic hydroxyl groups excluding tert-OH is 1. The van der Waals surface area contributed by atoms with Crippen LogP contribution in [0.1, 0.15) is 17.2 Å². The fourth-order valence-electron chi connectivity index (χ4n) is 1.77. The lowest BCUT2D eigenvalue weighted by Gasteiger charge is -2.12. The minimum atomic E-state index is -1.30. The largest absolute Gasteiger partial charge is 0.378 e. The molecule has 0 aliphatic rings. The molecule has 2 aromatic rings. The highest BCUT2D eigenvalue weighted by atomic mass is 35.5. The summed E-state index contributed by atoms with van der Waals surface area (Å²) in [6.45, 7) is 0.352. The van der Waals surface area contributed by atoms with E-state index in [4.69, 9.17) is 23.2 Å². The number of carbonyl (C=O) groups is 1. The normalized spacial score (nSPS) is 11.9. The summed E-state index contributed by atoms with van der Waals surface area (Å²) < 4.78 is 0. The van der Waals surface area contributed by atoms with Crippen LogP contribution < -0.4 is 5.32 Å². The molecule has 2 N–H and O–H groups in total. The second-order valence-corrected chi connectivity index (χ2v) is 5.18. The van der Waals surface area contributed by atoms with Gasteiger partial charge in [-0.05, 0) is 29.3 Å². The van der Waals surface area contributed by atoms with Crippen LogP contribution in [0.3, 0.4) is 0 Å². The van der Waals surface area contributed by atoms with Crippen molar-refractivity contribution >= 4 is 29.1 Å². The van der Waals surface area contributed by atoms with Gasteiger partial charge in [-0.25, -0.2) is 0 Å². The molecule has 104 valence electrons. The van der Waals surface area contributed by atoms with Crippen LogP contribution in [0.25, 0.3) is 0 Å². The van der Waals surface area contributed by atoms with E-state index in [0.717, 1.165) is 5.56 Å². The van der Waals surface area contributed by atoms with E-state index in [1.165, 1.54) is 12.1 Å². The first kappa shape index (κ1) is 14.9. The van der Waals surface area contributed by atoms with Gasteiger partial charge in [0.15, 0.2) is 6.10 Å². The van der Waals surface area contributed by atoms with E-state index in [1.54, 1.807) is 6.07 Å². The number of halogens is 2. The molecule has 0 saturated heterocycles.